The minimum absolute atomic E-state index is 0.157. The first-order chi connectivity index (χ1) is 11.9. The number of likely N-dealkylation sites (N-methyl/N-ethyl adjacent to an activating group) is 1. The monoisotopic (exact) mass is 424 g/mol. The molecule has 0 bridgehead atoms. The fraction of sp³-hybridized carbons (Fsp3) is 0.222. The highest BCUT2D eigenvalue weighted by Gasteiger charge is 2.24. The highest BCUT2D eigenvalue weighted by atomic mass is 79.9. The molecule has 0 aliphatic rings. The van der Waals surface area contributed by atoms with E-state index in [1.807, 2.05) is 31.3 Å². The van der Waals surface area contributed by atoms with Crippen LogP contribution >= 0.6 is 27.5 Å². The lowest BCUT2D eigenvalue weighted by molar-refractivity contribution is -0.885. The van der Waals surface area contributed by atoms with Gasteiger partial charge in [-0.2, -0.15) is 0 Å². The molecule has 0 fully saturated rings. The molecular weight excluding hydrogens is 406 g/mol. The molecule has 3 N–H and O–H groups in total. The Hall–Kier alpha value is -1.89. The molecule has 2 atom stereocenters. The van der Waals surface area contributed by atoms with Crippen molar-refractivity contribution in [2.24, 2.45) is 0 Å². The molecule has 0 aliphatic carbocycles. The van der Waals surface area contributed by atoms with Crippen molar-refractivity contribution in [2.45, 2.75) is 13.0 Å². The summed E-state index contributed by atoms with van der Waals surface area (Å²) in [6.07, 6.45) is 0. The SMILES string of the molecule is C[C@H](C(=O)Nc1ccc(Cl)cc1)[NH+](C)CC(=O)Nc1ccccc1Br. The summed E-state index contributed by atoms with van der Waals surface area (Å²) in [7, 11) is 1.81. The molecule has 2 aromatic rings. The number of carbonyl (C=O) groups is 2. The predicted octanol–water partition coefficient (Wildman–Crippen LogP) is 2.58. The Kier molecular flexibility index (Phi) is 6.99. The highest BCUT2D eigenvalue weighted by Crippen LogP contribution is 2.20. The number of para-hydroxylation sites is 1. The Labute approximate surface area is 160 Å². The zero-order chi connectivity index (χ0) is 18.4. The van der Waals surface area contributed by atoms with Gasteiger partial charge in [-0.3, -0.25) is 9.59 Å². The van der Waals surface area contributed by atoms with E-state index in [0.29, 0.717) is 16.4 Å². The number of quaternary nitrogens is 1. The van der Waals surface area contributed by atoms with E-state index in [1.165, 1.54) is 0 Å². The van der Waals surface area contributed by atoms with Crippen molar-refractivity contribution in [3.05, 3.63) is 58.0 Å². The van der Waals surface area contributed by atoms with Crippen molar-refractivity contribution < 1.29 is 14.5 Å². The van der Waals surface area contributed by atoms with Gasteiger partial charge in [-0.25, -0.2) is 0 Å². The van der Waals surface area contributed by atoms with E-state index in [-0.39, 0.29) is 24.4 Å². The summed E-state index contributed by atoms with van der Waals surface area (Å²) in [6, 6.07) is 13.9. The maximum atomic E-state index is 12.3. The minimum Gasteiger partial charge on any atom is -0.321 e. The number of halogens is 2. The summed E-state index contributed by atoms with van der Waals surface area (Å²) in [6.45, 7) is 1.96. The van der Waals surface area contributed by atoms with Gasteiger partial charge in [0.15, 0.2) is 12.6 Å². The molecule has 0 heterocycles. The largest absolute Gasteiger partial charge is 0.321 e. The first-order valence-corrected chi connectivity index (χ1v) is 8.97. The number of anilines is 2. The summed E-state index contributed by atoms with van der Waals surface area (Å²) in [5.74, 6) is -0.316. The Balaban J connectivity index is 1.89. The molecule has 0 aliphatic heterocycles. The summed E-state index contributed by atoms with van der Waals surface area (Å²) in [5.41, 5.74) is 1.38. The van der Waals surface area contributed by atoms with Crippen molar-refractivity contribution in [1.82, 2.24) is 0 Å². The van der Waals surface area contributed by atoms with Crippen LogP contribution in [-0.4, -0.2) is 31.4 Å². The van der Waals surface area contributed by atoms with Crippen LogP contribution in [0.15, 0.2) is 53.0 Å². The molecule has 2 aromatic carbocycles. The number of carbonyl (C=O) groups excluding carboxylic acids is 2. The maximum absolute atomic E-state index is 12.3. The molecule has 0 radical (unpaired) electrons. The van der Waals surface area contributed by atoms with Crippen molar-refractivity contribution >= 4 is 50.7 Å². The number of benzene rings is 2. The lowest BCUT2D eigenvalue weighted by Gasteiger charge is -2.20. The number of rotatable bonds is 6. The molecule has 0 aromatic heterocycles. The van der Waals surface area contributed by atoms with E-state index in [4.69, 9.17) is 11.6 Å². The number of amides is 2. The van der Waals surface area contributed by atoms with Crippen molar-refractivity contribution in [3.63, 3.8) is 0 Å². The standard InChI is InChI=1S/C18H19BrClN3O2/c1-12(18(25)21-14-9-7-13(20)8-10-14)23(2)11-17(24)22-16-6-4-3-5-15(16)19/h3-10,12H,11H2,1-2H3,(H,21,25)(H,22,24)/p+1/t12-/m1/s1. The summed E-state index contributed by atoms with van der Waals surface area (Å²) < 4.78 is 0.814. The second-order valence-corrected chi connectivity index (χ2v) is 7.06. The van der Waals surface area contributed by atoms with Crippen LogP contribution in [0.3, 0.4) is 0 Å². The minimum atomic E-state index is -0.388. The van der Waals surface area contributed by atoms with Crippen LogP contribution in [0.2, 0.25) is 5.02 Å². The molecule has 7 heteroatoms. The van der Waals surface area contributed by atoms with Crippen molar-refractivity contribution in [1.29, 1.82) is 0 Å². The second kappa shape index (κ2) is 8.99. The van der Waals surface area contributed by atoms with Crippen LogP contribution in [0.5, 0.6) is 0 Å². The van der Waals surface area contributed by atoms with Gasteiger partial charge in [0.25, 0.3) is 11.8 Å². The summed E-state index contributed by atoms with van der Waals surface area (Å²) in [5, 5.41) is 6.27. The molecule has 132 valence electrons. The van der Waals surface area contributed by atoms with Gasteiger partial charge in [-0.05, 0) is 59.3 Å². The smallest absolute Gasteiger partial charge is 0.282 e. The number of hydrogen-bond donors (Lipinski definition) is 3. The molecule has 2 rings (SSSR count). The molecule has 25 heavy (non-hydrogen) atoms. The van der Waals surface area contributed by atoms with E-state index >= 15 is 0 Å². The van der Waals surface area contributed by atoms with Crippen LogP contribution in [0.25, 0.3) is 0 Å². The second-order valence-electron chi connectivity index (χ2n) is 5.77. The van der Waals surface area contributed by atoms with Gasteiger partial charge < -0.3 is 15.5 Å². The summed E-state index contributed by atoms with van der Waals surface area (Å²) >= 11 is 9.22. The Morgan fingerprint density at radius 2 is 1.76 bits per heavy atom. The third-order valence-electron chi connectivity index (χ3n) is 3.83. The van der Waals surface area contributed by atoms with Gasteiger partial charge in [-0.1, -0.05) is 23.7 Å². The van der Waals surface area contributed by atoms with Crippen LogP contribution in [-0.2, 0) is 9.59 Å². The van der Waals surface area contributed by atoms with E-state index < -0.39 is 0 Å². The zero-order valence-electron chi connectivity index (χ0n) is 14.0. The zero-order valence-corrected chi connectivity index (χ0v) is 16.3. The average molecular weight is 426 g/mol. The molecule has 0 saturated carbocycles. The van der Waals surface area contributed by atoms with Crippen LogP contribution < -0.4 is 15.5 Å². The van der Waals surface area contributed by atoms with Gasteiger partial charge in [-0.15, -0.1) is 0 Å². The predicted molar refractivity (Wildman–Crippen MR) is 104 cm³/mol. The van der Waals surface area contributed by atoms with E-state index in [9.17, 15) is 9.59 Å². The van der Waals surface area contributed by atoms with Gasteiger partial charge in [0.2, 0.25) is 0 Å². The Bertz CT molecular complexity index is 752. The van der Waals surface area contributed by atoms with Crippen LogP contribution in [0.1, 0.15) is 6.92 Å². The van der Waals surface area contributed by atoms with Gasteiger partial charge in [0.1, 0.15) is 0 Å². The Morgan fingerprint density at radius 1 is 1.12 bits per heavy atom. The third kappa shape index (κ3) is 5.85. The van der Waals surface area contributed by atoms with Crippen LogP contribution in [0.4, 0.5) is 11.4 Å². The van der Waals surface area contributed by atoms with Crippen LogP contribution in [0, 0.1) is 0 Å². The van der Waals surface area contributed by atoms with E-state index in [1.54, 1.807) is 31.2 Å². The highest BCUT2D eigenvalue weighted by molar-refractivity contribution is 9.10. The first-order valence-electron chi connectivity index (χ1n) is 7.80. The molecule has 5 nitrogen and oxygen atoms in total. The van der Waals surface area contributed by atoms with E-state index in [2.05, 4.69) is 26.6 Å². The van der Waals surface area contributed by atoms with Gasteiger partial charge >= 0.3 is 0 Å². The van der Waals surface area contributed by atoms with Gasteiger partial charge in [0.05, 0.1) is 12.7 Å². The molecule has 0 spiro atoms. The first kappa shape index (κ1) is 19.4. The maximum Gasteiger partial charge on any atom is 0.282 e. The average Bonchev–Trinajstić information content (AvgIpc) is 2.58. The fourth-order valence-corrected chi connectivity index (χ4v) is 2.68. The molecule has 1 unspecified atom stereocenters. The van der Waals surface area contributed by atoms with E-state index in [0.717, 1.165) is 9.37 Å². The lowest BCUT2D eigenvalue weighted by Crippen LogP contribution is -3.14. The third-order valence-corrected chi connectivity index (χ3v) is 4.78. The fourth-order valence-electron chi connectivity index (χ4n) is 2.17. The molecular formula is C18H20BrClN3O2+. The Morgan fingerprint density at radius 3 is 2.40 bits per heavy atom. The summed E-state index contributed by atoms with van der Waals surface area (Å²) in [4.78, 5) is 25.3. The topological polar surface area (TPSA) is 62.6 Å². The number of hydrogen-bond acceptors (Lipinski definition) is 2. The normalized spacial score (nSPS) is 13.0. The lowest BCUT2D eigenvalue weighted by atomic mass is 10.2. The number of nitrogens with one attached hydrogen (secondary N) is 3. The molecule has 2 amide bonds. The quantitative estimate of drug-likeness (QED) is 0.666. The molecule has 0 saturated heterocycles. The van der Waals surface area contributed by atoms with Crippen molar-refractivity contribution in [2.75, 3.05) is 24.2 Å². The van der Waals surface area contributed by atoms with Crippen molar-refractivity contribution in [3.8, 4) is 0 Å². The van der Waals surface area contributed by atoms with Gasteiger partial charge in [0, 0.05) is 15.2 Å².